The molecule has 1 saturated heterocycles. The van der Waals surface area contributed by atoms with Crippen molar-refractivity contribution in [1.82, 2.24) is 10.2 Å². The number of aliphatic hydroxyl groups is 1. The summed E-state index contributed by atoms with van der Waals surface area (Å²) in [6.07, 6.45) is -0.878. The summed E-state index contributed by atoms with van der Waals surface area (Å²) in [5, 5.41) is 12.5. The molecule has 7 heteroatoms. The molecule has 7 nitrogen and oxygen atoms in total. The Morgan fingerprint density at radius 2 is 1.70 bits per heavy atom. The van der Waals surface area contributed by atoms with E-state index in [1.165, 1.54) is 0 Å². The first kappa shape index (κ1) is 17.8. The highest BCUT2D eigenvalue weighted by Crippen LogP contribution is 2.50. The van der Waals surface area contributed by atoms with Crippen molar-refractivity contribution in [3.8, 4) is 0 Å². The van der Waals surface area contributed by atoms with Gasteiger partial charge in [-0.2, -0.15) is 0 Å². The molecule has 1 aliphatic carbocycles. The third kappa shape index (κ3) is 4.28. The van der Waals surface area contributed by atoms with E-state index in [-0.39, 0.29) is 30.5 Å². The van der Waals surface area contributed by atoms with Crippen LogP contribution < -0.4 is 5.32 Å². The molecule has 0 aromatic heterocycles. The molecule has 4 atom stereocenters. The zero-order valence-electron chi connectivity index (χ0n) is 14.8. The van der Waals surface area contributed by atoms with E-state index in [1.807, 2.05) is 20.8 Å². The second-order valence-electron chi connectivity index (χ2n) is 8.30. The van der Waals surface area contributed by atoms with Gasteiger partial charge in [0.05, 0.1) is 12.6 Å². The molecular formula is C16H28N2O5. The van der Waals surface area contributed by atoms with Crippen molar-refractivity contribution < 1.29 is 24.2 Å². The number of hydrogen-bond acceptors (Lipinski definition) is 5. The molecule has 2 N–H and O–H groups in total. The molecule has 132 valence electrons. The van der Waals surface area contributed by atoms with E-state index in [4.69, 9.17) is 9.47 Å². The summed E-state index contributed by atoms with van der Waals surface area (Å²) in [6, 6.07) is -0.379. The molecule has 0 radical (unpaired) electrons. The van der Waals surface area contributed by atoms with E-state index in [9.17, 15) is 14.7 Å². The van der Waals surface area contributed by atoms with E-state index < -0.39 is 23.4 Å². The number of carbonyl (C=O) groups is 2. The maximum absolute atomic E-state index is 12.2. The number of rotatable bonds is 2. The van der Waals surface area contributed by atoms with Gasteiger partial charge in [-0.3, -0.25) is 0 Å². The number of alkyl carbamates (subject to hydrolysis) is 1. The van der Waals surface area contributed by atoms with Crippen molar-refractivity contribution in [3.63, 3.8) is 0 Å². The third-order valence-electron chi connectivity index (χ3n) is 3.98. The molecule has 23 heavy (non-hydrogen) atoms. The van der Waals surface area contributed by atoms with Gasteiger partial charge >= 0.3 is 12.2 Å². The van der Waals surface area contributed by atoms with E-state index in [0.29, 0.717) is 6.54 Å². The highest BCUT2D eigenvalue weighted by molar-refractivity contribution is 5.71. The molecule has 1 aliphatic heterocycles. The maximum Gasteiger partial charge on any atom is 0.410 e. The van der Waals surface area contributed by atoms with Crippen LogP contribution in [0.25, 0.3) is 0 Å². The van der Waals surface area contributed by atoms with Crippen molar-refractivity contribution in [2.45, 2.75) is 64.8 Å². The zero-order valence-corrected chi connectivity index (χ0v) is 14.8. The van der Waals surface area contributed by atoms with Crippen LogP contribution in [0.2, 0.25) is 0 Å². The zero-order chi connectivity index (χ0) is 17.6. The standard InChI is InChI=1S/C16H28N2O5/c1-15(2,3)22-13(20)17-12-9-7-18(10(8-19)11(9)12)14(21)23-16(4,5)6/h9-12,19H,7-8H2,1-6H3,(H,17,20)/t9-,10+,11-,12+/m1/s1. The molecule has 2 rings (SSSR count). The molecule has 2 amide bonds. The van der Waals surface area contributed by atoms with Crippen LogP contribution in [0.4, 0.5) is 9.59 Å². The molecular weight excluding hydrogens is 300 g/mol. The summed E-state index contributed by atoms with van der Waals surface area (Å²) in [7, 11) is 0. The molecule has 1 saturated carbocycles. The summed E-state index contributed by atoms with van der Waals surface area (Å²) in [6.45, 7) is 11.2. The number of ether oxygens (including phenoxy) is 2. The number of aliphatic hydroxyl groups excluding tert-OH is 1. The van der Waals surface area contributed by atoms with Gasteiger partial charge in [-0.15, -0.1) is 0 Å². The number of amides is 2. The van der Waals surface area contributed by atoms with E-state index in [0.717, 1.165) is 0 Å². The smallest absolute Gasteiger partial charge is 0.410 e. The molecule has 0 bridgehead atoms. The molecule has 1 heterocycles. The van der Waals surface area contributed by atoms with Gasteiger partial charge in [0, 0.05) is 24.4 Å². The largest absolute Gasteiger partial charge is 0.444 e. The summed E-state index contributed by atoms with van der Waals surface area (Å²) < 4.78 is 10.6. The molecule has 0 aromatic rings. The monoisotopic (exact) mass is 328 g/mol. The lowest BCUT2D eigenvalue weighted by Crippen LogP contribution is -2.47. The minimum Gasteiger partial charge on any atom is -0.444 e. The lowest BCUT2D eigenvalue weighted by molar-refractivity contribution is 0.0121. The van der Waals surface area contributed by atoms with Crippen molar-refractivity contribution in [2.24, 2.45) is 11.8 Å². The number of nitrogens with one attached hydrogen (secondary N) is 1. The molecule has 0 unspecified atom stereocenters. The van der Waals surface area contributed by atoms with Crippen molar-refractivity contribution in [1.29, 1.82) is 0 Å². The lowest BCUT2D eigenvalue weighted by atomic mass is 10.2. The fourth-order valence-corrected chi connectivity index (χ4v) is 3.13. The van der Waals surface area contributed by atoms with Gasteiger partial charge in [0.25, 0.3) is 0 Å². The fraction of sp³-hybridized carbons (Fsp3) is 0.875. The van der Waals surface area contributed by atoms with Gasteiger partial charge in [-0.1, -0.05) is 0 Å². The Morgan fingerprint density at radius 1 is 1.13 bits per heavy atom. The number of fused-ring (bicyclic) bond motifs is 1. The van der Waals surface area contributed by atoms with Crippen LogP contribution in [0, 0.1) is 11.8 Å². The average molecular weight is 328 g/mol. The van der Waals surface area contributed by atoms with Crippen molar-refractivity contribution in [2.75, 3.05) is 13.2 Å². The van der Waals surface area contributed by atoms with Crippen LogP contribution in [-0.4, -0.2) is 58.6 Å². The van der Waals surface area contributed by atoms with Gasteiger partial charge in [0.2, 0.25) is 0 Å². The Kier molecular flexibility index (Phi) is 4.54. The Balaban J connectivity index is 1.91. The molecule has 2 aliphatic rings. The van der Waals surface area contributed by atoms with Gasteiger partial charge in [-0.05, 0) is 41.5 Å². The van der Waals surface area contributed by atoms with Gasteiger partial charge < -0.3 is 24.8 Å². The first-order valence-corrected chi connectivity index (χ1v) is 8.03. The van der Waals surface area contributed by atoms with Crippen LogP contribution in [0.15, 0.2) is 0 Å². The SMILES string of the molecule is CC(C)(C)OC(=O)N[C@H]1[C@@H]2CN(C(=O)OC(C)(C)C)[C@@H](CO)[C@@H]21. The van der Waals surface area contributed by atoms with Gasteiger partial charge in [-0.25, -0.2) is 9.59 Å². The quantitative estimate of drug-likeness (QED) is 0.806. The van der Waals surface area contributed by atoms with Gasteiger partial charge in [0.1, 0.15) is 11.2 Å². The first-order chi connectivity index (χ1) is 10.4. The summed E-state index contributed by atoms with van der Waals surface area (Å²) in [5.41, 5.74) is -1.12. The Bertz CT molecular complexity index is 480. The van der Waals surface area contributed by atoms with E-state index >= 15 is 0 Å². The number of hydrogen-bond donors (Lipinski definition) is 2. The van der Waals surface area contributed by atoms with Crippen molar-refractivity contribution >= 4 is 12.2 Å². The third-order valence-corrected chi connectivity index (χ3v) is 3.98. The van der Waals surface area contributed by atoms with Gasteiger partial charge in [0.15, 0.2) is 0 Å². The van der Waals surface area contributed by atoms with Crippen LogP contribution in [0.1, 0.15) is 41.5 Å². The second kappa shape index (κ2) is 5.85. The van der Waals surface area contributed by atoms with E-state index in [1.54, 1.807) is 25.7 Å². The lowest BCUT2D eigenvalue weighted by Gasteiger charge is -2.30. The van der Waals surface area contributed by atoms with Crippen LogP contribution in [0.3, 0.4) is 0 Å². The highest BCUT2D eigenvalue weighted by atomic mass is 16.6. The van der Waals surface area contributed by atoms with Crippen LogP contribution in [0.5, 0.6) is 0 Å². The summed E-state index contributed by atoms with van der Waals surface area (Å²) in [5.74, 6) is 0.201. The summed E-state index contributed by atoms with van der Waals surface area (Å²) in [4.78, 5) is 25.6. The fourth-order valence-electron chi connectivity index (χ4n) is 3.13. The average Bonchev–Trinajstić information content (AvgIpc) is 2.83. The minimum atomic E-state index is -0.571. The summed E-state index contributed by atoms with van der Waals surface area (Å²) >= 11 is 0. The molecule has 0 aromatic carbocycles. The normalized spacial score (nSPS) is 29.8. The van der Waals surface area contributed by atoms with E-state index in [2.05, 4.69) is 5.32 Å². The second-order valence-corrected chi connectivity index (χ2v) is 8.30. The maximum atomic E-state index is 12.2. The Hall–Kier alpha value is -1.50. The number of likely N-dealkylation sites (tertiary alicyclic amines) is 1. The van der Waals surface area contributed by atoms with Crippen molar-refractivity contribution in [3.05, 3.63) is 0 Å². The number of nitrogens with zero attached hydrogens (tertiary/aromatic N) is 1. The molecule has 0 spiro atoms. The van der Waals surface area contributed by atoms with Crippen LogP contribution >= 0.6 is 0 Å². The number of carbonyl (C=O) groups excluding carboxylic acids is 2. The number of piperidine rings is 1. The highest BCUT2D eigenvalue weighted by Gasteiger charge is 2.63. The Labute approximate surface area is 137 Å². The first-order valence-electron chi connectivity index (χ1n) is 8.03. The molecule has 2 fully saturated rings. The predicted octanol–water partition coefficient (Wildman–Crippen LogP) is 1.74. The van der Waals surface area contributed by atoms with Crippen LogP contribution in [-0.2, 0) is 9.47 Å². The predicted molar refractivity (Wildman–Crippen MR) is 84.0 cm³/mol. The minimum absolute atomic E-state index is 0.0549. The Morgan fingerprint density at radius 3 is 2.17 bits per heavy atom. The topological polar surface area (TPSA) is 88.1 Å².